The molecule has 0 saturated heterocycles. The van der Waals surface area contributed by atoms with Gasteiger partial charge in [0.05, 0.1) is 13.0 Å². The number of hydrogen-bond donors (Lipinski definition) is 1. The highest BCUT2D eigenvalue weighted by Crippen LogP contribution is 2.30. The minimum atomic E-state index is -0.729. The second kappa shape index (κ2) is 11.0. The van der Waals surface area contributed by atoms with Crippen LogP contribution in [-0.2, 0) is 25.5 Å². The monoisotopic (exact) mass is 379 g/mol. The van der Waals surface area contributed by atoms with E-state index in [1.165, 1.54) is 25.8 Å². The lowest BCUT2D eigenvalue weighted by atomic mass is 9.90. The predicted molar refractivity (Wildman–Crippen MR) is 105 cm³/mol. The summed E-state index contributed by atoms with van der Waals surface area (Å²) in [6, 6.07) is 8.98. The molecule has 0 bridgehead atoms. The van der Waals surface area contributed by atoms with E-state index in [0.717, 1.165) is 12.0 Å². The van der Waals surface area contributed by atoms with Crippen molar-refractivity contribution in [1.82, 2.24) is 5.32 Å². The Morgan fingerprint density at radius 2 is 1.73 bits per heavy atom. The van der Waals surface area contributed by atoms with Crippen LogP contribution in [0.4, 0.5) is 0 Å². The maximum absolute atomic E-state index is 12.9. The van der Waals surface area contributed by atoms with E-state index in [1.807, 2.05) is 30.3 Å². The summed E-state index contributed by atoms with van der Waals surface area (Å²) >= 11 is 1.21. The Kier molecular flexibility index (Phi) is 9.41. The molecule has 0 saturated carbocycles. The van der Waals surface area contributed by atoms with Crippen LogP contribution >= 0.6 is 11.8 Å². The number of thioether (sulfide) groups is 1. The molecule has 0 aliphatic heterocycles. The Hall–Kier alpha value is -1.82. The Bertz CT molecular complexity index is 603. The van der Waals surface area contributed by atoms with Crippen molar-refractivity contribution in [3.05, 3.63) is 35.9 Å². The van der Waals surface area contributed by atoms with Crippen LogP contribution in [-0.4, -0.2) is 35.4 Å². The summed E-state index contributed by atoms with van der Waals surface area (Å²) in [5.41, 5.74) is 1.02. The van der Waals surface area contributed by atoms with E-state index in [4.69, 9.17) is 0 Å². The number of ether oxygens (including phenoxy) is 1. The fraction of sp³-hybridized carbons (Fsp3) is 0.550. The van der Waals surface area contributed by atoms with Crippen molar-refractivity contribution in [3.63, 3.8) is 0 Å². The van der Waals surface area contributed by atoms with Crippen LogP contribution in [0.1, 0.15) is 39.7 Å². The Labute approximate surface area is 160 Å². The molecule has 0 unspecified atom stereocenters. The number of rotatable bonds is 9. The van der Waals surface area contributed by atoms with Crippen LogP contribution in [0.25, 0.3) is 0 Å². The highest BCUT2D eigenvalue weighted by Gasteiger charge is 2.32. The van der Waals surface area contributed by atoms with Crippen molar-refractivity contribution in [2.45, 2.75) is 51.8 Å². The Morgan fingerprint density at radius 1 is 1.12 bits per heavy atom. The summed E-state index contributed by atoms with van der Waals surface area (Å²) in [5.74, 6) is -0.792. The van der Waals surface area contributed by atoms with Gasteiger partial charge in [-0.25, -0.2) is 4.79 Å². The van der Waals surface area contributed by atoms with E-state index in [1.54, 1.807) is 6.92 Å². The van der Waals surface area contributed by atoms with Gasteiger partial charge < -0.3 is 10.1 Å². The van der Waals surface area contributed by atoms with Gasteiger partial charge in [0.25, 0.3) is 0 Å². The van der Waals surface area contributed by atoms with E-state index in [0.29, 0.717) is 12.3 Å². The van der Waals surface area contributed by atoms with Crippen molar-refractivity contribution in [3.8, 4) is 0 Å². The van der Waals surface area contributed by atoms with E-state index in [9.17, 15) is 14.4 Å². The summed E-state index contributed by atoms with van der Waals surface area (Å²) < 4.78 is 4.69. The van der Waals surface area contributed by atoms with Crippen molar-refractivity contribution < 1.29 is 19.1 Å². The predicted octanol–water partition coefficient (Wildman–Crippen LogP) is 3.22. The van der Waals surface area contributed by atoms with Crippen LogP contribution in [0.15, 0.2) is 30.3 Å². The smallest absolute Gasteiger partial charge is 0.328 e. The number of hydrogen-bond acceptors (Lipinski definition) is 5. The fourth-order valence-corrected chi connectivity index (χ4v) is 4.08. The van der Waals surface area contributed by atoms with Gasteiger partial charge in [0.15, 0.2) is 5.12 Å². The third kappa shape index (κ3) is 7.60. The molecule has 0 aliphatic carbocycles. The SMILES string of the molecule is COC(=O)[C@H](C)NC(=O)[C@H](Cc1ccccc1)[C@H](CC(C)C)SC(C)=O. The summed E-state index contributed by atoms with van der Waals surface area (Å²) in [4.78, 5) is 36.3. The van der Waals surface area contributed by atoms with Crippen LogP contribution in [0.5, 0.6) is 0 Å². The summed E-state index contributed by atoms with van der Waals surface area (Å²) in [6.45, 7) is 7.26. The van der Waals surface area contributed by atoms with Gasteiger partial charge in [-0.05, 0) is 31.2 Å². The van der Waals surface area contributed by atoms with Gasteiger partial charge in [0.2, 0.25) is 5.91 Å². The molecule has 0 aromatic heterocycles. The van der Waals surface area contributed by atoms with Crippen LogP contribution in [0.2, 0.25) is 0 Å². The number of esters is 1. The number of carbonyl (C=O) groups excluding carboxylic acids is 3. The molecule has 1 aromatic rings. The summed E-state index contributed by atoms with van der Waals surface area (Å²) in [5, 5.41) is 2.57. The summed E-state index contributed by atoms with van der Waals surface area (Å²) in [6.07, 6.45) is 1.25. The largest absolute Gasteiger partial charge is 0.467 e. The number of nitrogens with one attached hydrogen (secondary N) is 1. The average molecular weight is 380 g/mol. The van der Waals surface area contributed by atoms with Gasteiger partial charge in [-0.1, -0.05) is 55.9 Å². The minimum absolute atomic E-state index is 0.0115. The second-order valence-corrected chi connectivity index (χ2v) is 8.24. The maximum Gasteiger partial charge on any atom is 0.328 e. The molecule has 0 radical (unpaired) electrons. The molecule has 3 atom stereocenters. The lowest BCUT2D eigenvalue weighted by Gasteiger charge is -2.27. The highest BCUT2D eigenvalue weighted by molar-refractivity contribution is 8.14. The van der Waals surface area contributed by atoms with Crippen molar-refractivity contribution in [2.75, 3.05) is 7.11 Å². The molecule has 0 heterocycles. The van der Waals surface area contributed by atoms with Crippen LogP contribution < -0.4 is 5.32 Å². The first-order valence-corrected chi connectivity index (χ1v) is 9.71. The van der Waals surface area contributed by atoms with E-state index < -0.39 is 17.9 Å². The molecule has 1 aromatic carbocycles. The molecule has 1 amide bonds. The number of carbonyl (C=O) groups is 3. The first kappa shape index (κ1) is 22.2. The summed E-state index contributed by atoms with van der Waals surface area (Å²) in [7, 11) is 1.29. The van der Waals surface area contributed by atoms with E-state index >= 15 is 0 Å². The van der Waals surface area contributed by atoms with Gasteiger partial charge >= 0.3 is 5.97 Å². The normalized spacial score (nSPS) is 14.4. The molecular formula is C20H29NO4S. The van der Waals surface area contributed by atoms with Gasteiger partial charge in [0.1, 0.15) is 6.04 Å². The molecule has 144 valence electrons. The molecule has 1 rings (SSSR count). The Morgan fingerprint density at radius 3 is 2.23 bits per heavy atom. The Balaban J connectivity index is 3.06. The zero-order valence-electron chi connectivity index (χ0n) is 16.2. The zero-order valence-corrected chi connectivity index (χ0v) is 17.0. The second-order valence-electron chi connectivity index (χ2n) is 6.83. The molecule has 0 aliphatic rings. The zero-order chi connectivity index (χ0) is 19.7. The third-order valence-electron chi connectivity index (χ3n) is 4.02. The number of amides is 1. The maximum atomic E-state index is 12.9. The highest BCUT2D eigenvalue weighted by atomic mass is 32.2. The topological polar surface area (TPSA) is 72.5 Å². The molecule has 1 N–H and O–H groups in total. The van der Waals surface area contributed by atoms with Gasteiger partial charge in [0, 0.05) is 12.2 Å². The molecular weight excluding hydrogens is 350 g/mol. The molecule has 5 nitrogen and oxygen atoms in total. The first-order chi connectivity index (χ1) is 12.2. The van der Waals surface area contributed by atoms with Gasteiger partial charge in [-0.3, -0.25) is 9.59 Å². The third-order valence-corrected chi connectivity index (χ3v) is 5.17. The van der Waals surface area contributed by atoms with Crippen LogP contribution in [0, 0.1) is 11.8 Å². The quantitative estimate of drug-likeness (QED) is 0.667. The van der Waals surface area contributed by atoms with Crippen molar-refractivity contribution >= 4 is 28.8 Å². The molecule has 6 heteroatoms. The fourth-order valence-electron chi connectivity index (χ4n) is 2.79. The standard InChI is InChI=1S/C20H29NO4S/c1-13(2)11-18(26-15(4)22)17(12-16-9-7-6-8-10-16)19(23)21-14(3)20(24)25-5/h6-10,13-14,17-18H,11-12H2,1-5H3,(H,21,23)/t14-,17+,18-/m0/s1. The molecule has 0 spiro atoms. The lowest BCUT2D eigenvalue weighted by Crippen LogP contribution is -2.45. The van der Waals surface area contributed by atoms with Crippen molar-refractivity contribution in [2.24, 2.45) is 11.8 Å². The molecule has 26 heavy (non-hydrogen) atoms. The molecule has 0 fully saturated rings. The van der Waals surface area contributed by atoms with Gasteiger partial charge in [-0.2, -0.15) is 0 Å². The number of benzene rings is 1. The van der Waals surface area contributed by atoms with Gasteiger partial charge in [-0.15, -0.1) is 0 Å². The van der Waals surface area contributed by atoms with Crippen molar-refractivity contribution in [1.29, 1.82) is 0 Å². The van der Waals surface area contributed by atoms with E-state index in [-0.39, 0.29) is 16.3 Å². The minimum Gasteiger partial charge on any atom is -0.467 e. The van der Waals surface area contributed by atoms with Crippen LogP contribution in [0.3, 0.4) is 0 Å². The lowest BCUT2D eigenvalue weighted by molar-refractivity contribution is -0.145. The van der Waals surface area contributed by atoms with E-state index in [2.05, 4.69) is 23.9 Å². The number of methoxy groups -OCH3 is 1. The average Bonchev–Trinajstić information content (AvgIpc) is 2.58. The first-order valence-electron chi connectivity index (χ1n) is 8.83.